The van der Waals surface area contributed by atoms with E-state index < -0.39 is 0 Å². The number of amides is 1. The zero-order chi connectivity index (χ0) is 19.9. The molecule has 0 atom stereocenters. The fourth-order valence-electron chi connectivity index (χ4n) is 3.57. The highest BCUT2D eigenvalue weighted by Gasteiger charge is 2.19. The predicted molar refractivity (Wildman–Crippen MR) is 108 cm³/mol. The van der Waals surface area contributed by atoms with Crippen LogP contribution >= 0.6 is 0 Å². The largest absolute Gasteiger partial charge is 0.493 e. The van der Waals surface area contributed by atoms with Crippen LogP contribution in [0.4, 0.5) is 5.82 Å². The van der Waals surface area contributed by atoms with Crippen molar-refractivity contribution < 1.29 is 19.0 Å². The van der Waals surface area contributed by atoms with Crippen molar-refractivity contribution in [1.82, 2.24) is 9.78 Å². The summed E-state index contributed by atoms with van der Waals surface area (Å²) in [6.45, 7) is 0. The Morgan fingerprint density at radius 3 is 2.39 bits per heavy atom. The van der Waals surface area contributed by atoms with E-state index in [4.69, 9.17) is 14.2 Å². The van der Waals surface area contributed by atoms with E-state index in [2.05, 4.69) is 10.4 Å². The van der Waals surface area contributed by atoms with Gasteiger partial charge in [0.05, 0.1) is 33.6 Å². The Morgan fingerprint density at radius 1 is 1.11 bits per heavy atom. The number of nitrogens with one attached hydrogen (secondary N) is 1. The third-order valence-electron chi connectivity index (χ3n) is 4.96. The molecule has 7 nitrogen and oxygen atoms in total. The van der Waals surface area contributed by atoms with E-state index in [1.54, 1.807) is 45.7 Å². The van der Waals surface area contributed by atoms with Gasteiger partial charge in [0.1, 0.15) is 5.82 Å². The predicted octanol–water partition coefficient (Wildman–Crippen LogP) is 4.07. The summed E-state index contributed by atoms with van der Waals surface area (Å²) in [5, 5.41) is 7.33. The maximum atomic E-state index is 12.4. The maximum Gasteiger partial charge on any atom is 0.249 e. The summed E-state index contributed by atoms with van der Waals surface area (Å²) in [7, 11) is 4.67. The summed E-state index contributed by atoms with van der Waals surface area (Å²) in [5.74, 6) is 2.11. The second-order valence-corrected chi connectivity index (χ2v) is 6.73. The summed E-state index contributed by atoms with van der Waals surface area (Å²) in [4.78, 5) is 12.4. The van der Waals surface area contributed by atoms with Gasteiger partial charge in [0.2, 0.25) is 11.7 Å². The molecule has 0 saturated heterocycles. The number of nitrogens with zero attached hydrogens (tertiary/aromatic N) is 2. The lowest BCUT2D eigenvalue weighted by Crippen LogP contribution is -2.19. The monoisotopic (exact) mass is 385 g/mol. The molecular formula is C21H27N3O4. The van der Waals surface area contributed by atoms with Crippen LogP contribution in [0.2, 0.25) is 0 Å². The minimum atomic E-state index is -0.216. The Bertz CT molecular complexity index is 813. The number of anilines is 1. The van der Waals surface area contributed by atoms with Crippen molar-refractivity contribution in [2.45, 2.75) is 38.1 Å². The summed E-state index contributed by atoms with van der Waals surface area (Å²) in [5.41, 5.74) is 0.769. The van der Waals surface area contributed by atoms with Crippen molar-refractivity contribution >= 4 is 17.8 Å². The van der Waals surface area contributed by atoms with Gasteiger partial charge in [-0.25, -0.2) is 4.68 Å². The van der Waals surface area contributed by atoms with E-state index in [1.165, 1.54) is 25.3 Å². The number of methoxy groups -OCH3 is 3. The van der Waals surface area contributed by atoms with E-state index in [1.807, 2.05) is 10.7 Å². The number of hydrogen-bond donors (Lipinski definition) is 1. The van der Waals surface area contributed by atoms with Gasteiger partial charge in [-0.2, -0.15) is 5.10 Å². The highest BCUT2D eigenvalue weighted by Crippen LogP contribution is 2.38. The molecule has 1 aromatic heterocycles. The van der Waals surface area contributed by atoms with Crippen molar-refractivity contribution in [2.24, 2.45) is 0 Å². The van der Waals surface area contributed by atoms with Gasteiger partial charge in [-0.15, -0.1) is 0 Å². The second kappa shape index (κ2) is 9.30. The molecule has 1 saturated carbocycles. The Balaban J connectivity index is 1.72. The lowest BCUT2D eigenvalue weighted by Gasteiger charge is -2.23. The average molecular weight is 385 g/mol. The van der Waals surface area contributed by atoms with Gasteiger partial charge >= 0.3 is 0 Å². The molecular weight excluding hydrogens is 358 g/mol. The molecule has 1 aromatic carbocycles. The maximum absolute atomic E-state index is 12.4. The van der Waals surface area contributed by atoms with Gasteiger partial charge < -0.3 is 19.5 Å². The van der Waals surface area contributed by atoms with Crippen LogP contribution in [0.3, 0.4) is 0 Å². The van der Waals surface area contributed by atoms with E-state index >= 15 is 0 Å². The Hall–Kier alpha value is -2.96. The fraction of sp³-hybridized carbons (Fsp3) is 0.429. The molecule has 1 aliphatic rings. The number of hydrogen-bond acceptors (Lipinski definition) is 5. The minimum absolute atomic E-state index is 0.216. The molecule has 1 aliphatic carbocycles. The minimum Gasteiger partial charge on any atom is -0.493 e. The molecule has 28 heavy (non-hydrogen) atoms. The first-order chi connectivity index (χ1) is 13.7. The van der Waals surface area contributed by atoms with Crippen molar-refractivity contribution in [1.29, 1.82) is 0 Å². The first-order valence-electron chi connectivity index (χ1n) is 9.49. The zero-order valence-electron chi connectivity index (χ0n) is 16.6. The van der Waals surface area contributed by atoms with Crippen LogP contribution in [-0.2, 0) is 4.79 Å². The Labute approximate surface area is 165 Å². The second-order valence-electron chi connectivity index (χ2n) is 6.73. The van der Waals surface area contributed by atoms with Crippen LogP contribution in [-0.4, -0.2) is 37.0 Å². The van der Waals surface area contributed by atoms with Gasteiger partial charge in [0.15, 0.2) is 11.5 Å². The quantitative estimate of drug-likeness (QED) is 0.728. The number of ether oxygens (including phenoxy) is 3. The first kappa shape index (κ1) is 19.8. The Morgan fingerprint density at radius 2 is 1.79 bits per heavy atom. The lowest BCUT2D eigenvalue weighted by atomic mass is 9.96. The summed E-state index contributed by atoms with van der Waals surface area (Å²) in [6, 6.07) is 5.77. The SMILES string of the molecule is COc1cc(C=CC(=O)Nc2ccnn2C2CCCCC2)cc(OC)c1OC. The average Bonchev–Trinajstić information content (AvgIpc) is 3.19. The third kappa shape index (κ3) is 4.47. The highest BCUT2D eigenvalue weighted by molar-refractivity contribution is 6.01. The molecule has 1 N–H and O–H groups in total. The normalized spacial score (nSPS) is 14.8. The van der Waals surface area contributed by atoms with Gasteiger partial charge in [-0.1, -0.05) is 19.3 Å². The molecule has 0 radical (unpaired) electrons. The van der Waals surface area contributed by atoms with Gasteiger partial charge in [0, 0.05) is 12.1 Å². The van der Waals surface area contributed by atoms with Crippen molar-refractivity contribution in [3.63, 3.8) is 0 Å². The molecule has 1 heterocycles. The van der Waals surface area contributed by atoms with Crippen molar-refractivity contribution in [2.75, 3.05) is 26.6 Å². The van der Waals surface area contributed by atoms with Gasteiger partial charge in [-0.3, -0.25) is 4.79 Å². The number of aromatic nitrogens is 2. The Kier molecular flexibility index (Phi) is 6.57. The molecule has 0 aliphatic heterocycles. The van der Waals surface area contributed by atoms with Crippen LogP contribution in [0.15, 0.2) is 30.5 Å². The van der Waals surface area contributed by atoms with E-state index in [0.717, 1.165) is 24.2 Å². The molecule has 3 rings (SSSR count). The number of carbonyl (C=O) groups excluding carboxylic acids is 1. The van der Waals surface area contributed by atoms with Gasteiger partial charge in [0.25, 0.3) is 0 Å². The molecule has 0 bridgehead atoms. The van der Waals surface area contributed by atoms with Crippen LogP contribution in [0.25, 0.3) is 6.08 Å². The smallest absolute Gasteiger partial charge is 0.249 e. The molecule has 150 valence electrons. The molecule has 7 heteroatoms. The van der Waals surface area contributed by atoms with Crippen LogP contribution in [0.5, 0.6) is 17.2 Å². The summed E-state index contributed by atoms with van der Waals surface area (Å²) >= 11 is 0. The fourth-order valence-corrected chi connectivity index (χ4v) is 3.57. The zero-order valence-corrected chi connectivity index (χ0v) is 16.6. The highest BCUT2D eigenvalue weighted by atomic mass is 16.5. The molecule has 0 unspecified atom stereocenters. The summed E-state index contributed by atoms with van der Waals surface area (Å²) < 4.78 is 17.9. The molecule has 0 spiro atoms. The van der Waals surface area contributed by atoms with Gasteiger partial charge in [-0.05, 0) is 36.6 Å². The lowest BCUT2D eigenvalue weighted by molar-refractivity contribution is -0.111. The number of carbonyl (C=O) groups is 1. The van der Waals surface area contributed by atoms with Crippen LogP contribution < -0.4 is 19.5 Å². The third-order valence-corrected chi connectivity index (χ3v) is 4.96. The van der Waals surface area contributed by atoms with Crippen LogP contribution in [0.1, 0.15) is 43.7 Å². The van der Waals surface area contributed by atoms with Crippen molar-refractivity contribution in [3.05, 3.63) is 36.0 Å². The number of benzene rings is 1. The first-order valence-corrected chi connectivity index (χ1v) is 9.49. The molecule has 1 amide bonds. The number of rotatable bonds is 7. The summed E-state index contributed by atoms with van der Waals surface area (Å²) in [6.07, 6.45) is 10.8. The van der Waals surface area contributed by atoms with Crippen molar-refractivity contribution in [3.8, 4) is 17.2 Å². The topological polar surface area (TPSA) is 74.6 Å². The molecule has 2 aromatic rings. The standard InChI is InChI=1S/C21H27N3O4/c1-26-17-13-15(14-18(27-2)21(17)28-3)9-10-20(25)23-19-11-12-22-24(19)16-7-5-4-6-8-16/h9-14,16H,4-8H2,1-3H3,(H,23,25). The van der Waals surface area contributed by atoms with E-state index in [0.29, 0.717) is 23.3 Å². The van der Waals surface area contributed by atoms with E-state index in [9.17, 15) is 4.79 Å². The van der Waals surface area contributed by atoms with Crippen LogP contribution in [0, 0.1) is 0 Å². The molecule has 1 fully saturated rings. The van der Waals surface area contributed by atoms with E-state index in [-0.39, 0.29) is 5.91 Å².